The maximum atomic E-state index is 13.9. The number of para-hydroxylation sites is 1. The molecule has 8 nitrogen and oxygen atoms in total. The van der Waals surface area contributed by atoms with E-state index < -0.39 is 18.2 Å². The van der Waals surface area contributed by atoms with Gasteiger partial charge in [0.1, 0.15) is 18.2 Å². The van der Waals surface area contributed by atoms with Crippen molar-refractivity contribution in [2.45, 2.75) is 51.4 Å². The lowest BCUT2D eigenvalue weighted by atomic mass is 9.95. The minimum atomic E-state index is -0.639. The molecule has 0 bridgehead atoms. The normalized spacial score (nSPS) is 23.9. The molecular formula is C32H41N3O5. The predicted molar refractivity (Wildman–Crippen MR) is 155 cm³/mol. The van der Waals surface area contributed by atoms with Crippen molar-refractivity contribution in [2.75, 3.05) is 39.2 Å². The Balaban J connectivity index is 1.78. The molecule has 3 amide bonds. The molecule has 0 saturated heterocycles. The summed E-state index contributed by atoms with van der Waals surface area (Å²) in [6.45, 7) is 4.91. The van der Waals surface area contributed by atoms with E-state index in [1.807, 2.05) is 68.5 Å². The summed E-state index contributed by atoms with van der Waals surface area (Å²) in [5, 5.41) is 3.12. The van der Waals surface area contributed by atoms with Crippen LogP contribution < -0.4 is 5.32 Å². The third-order valence-corrected chi connectivity index (χ3v) is 7.92. The van der Waals surface area contributed by atoms with E-state index in [1.54, 1.807) is 36.2 Å². The zero-order chi connectivity index (χ0) is 28.6. The van der Waals surface area contributed by atoms with Gasteiger partial charge in [0.05, 0.1) is 6.54 Å². The van der Waals surface area contributed by atoms with Crippen molar-refractivity contribution in [1.82, 2.24) is 9.80 Å². The van der Waals surface area contributed by atoms with Crippen LogP contribution in [0.15, 0.2) is 66.7 Å². The highest BCUT2D eigenvalue weighted by molar-refractivity contribution is 5.98. The zero-order valence-electron chi connectivity index (χ0n) is 23.9. The highest BCUT2D eigenvalue weighted by atomic mass is 16.5. The smallest absolute Gasteiger partial charge is 0.254 e. The second-order valence-electron chi connectivity index (χ2n) is 10.6. The molecule has 0 unspecified atom stereocenters. The van der Waals surface area contributed by atoms with Gasteiger partial charge in [0, 0.05) is 50.0 Å². The summed E-state index contributed by atoms with van der Waals surface area (Å²) >= 11 is 0. The molecular weight excluding hydrogens is 506 g/mol. The molecule has 0 spiro atoms. The Morgan fingerprint density at radius 1 is 0.975 bits per heavy atom. The van der Waals surface area contributed by atoms with Crippen molar-refractivity contribution < 1.29 is 23.9 Å². The van der Waals surface area contributed by atoms with Crippen LogP contribution in [-0.2, 0) is 19.1 Å². The molecule has 8 heteroatoms. The number of ether oxygens (including phenoxy) is 2. The number of nitrogens with one attached hydrogen (secondary N) is 1. The number of rotatable bonds is 6. The van der Waals surface area contributed by atoms with Crippen molar-refractivity contribution in [3.8, 4) is 0 Å². The van der Waals surface area contributed by atoms with Crippen LogP contribution in [0.4, 0.5) is 5.69 Å². The predicted octanol–water partition coefficient (Wildman–Crippen LogP) is 4.69. The van der Waals surface area contributed by atoms with Gasteiger partial charge >= 0.3 is 0 Å². The minimum Gasteiger partial charge on any atom is -0.377 e. The maximum Gasteiger partial charge on any atom is 0.254 e. The molecule has 0 radical (unpaired) electrons. The van der Waals surface area contributed by atoms with Crippen molar-refractivity contribution in [2.24, 2.45) is 11.8 Å². The van der Waals surface area contributed by atoms with Gasteiger partial charge in [-0.15, -0.1) is 0 Å². The van der Waals surface area contributed by atoms with Crippen LogP contribution in [0, 0.1) is 11.8 Å². The Bertz CT molecular complexity index is 1200. The number of amides is 3. The van der Waals surface area contributed by atoms with Crippen molar-refractivity contribution >= 4 is 23.4 Å². The van der Waals surface area contributed by atoms with E-state index in [0.717, 1.165) is 24.8 Å². The average molecular weight is 548 g/mol. The maximum absolute atomic E-state index is 13.9. The topological polar surface area (TPSA) is 88.2 Å². The van der Waals surface area contributed by atoms with Gasteiger partial charge in [-0.25, -0.2) is 0 Å². The van der Waals surface area contributed by atoms with E-state index in [2.05, 4.69) is 5.32 Å². The second-order valence-corrected chi connectivity index (χ2v) is 10.6. The summed E-state index contributed by atoms with van der Waals surface area (Å²) in [5.74, 6) is -0.421. The number of carbonyl (C=O) groups is 3. The number of fused-ring (bicyclic) bond motifs is 1. The van der Waals surface area contributed by atoms with Crippen LogP contribution in [0.3, 0.4) is 0 Å². The molecule has 1 saturated carbocycles. The van der Waals surface area contributed by atoms with Crippen molar-refractivity contribution in [3.05, 3.63) is 77.9 Å². The summed E-state index contributed by atoms with van der Waals surface area (Å²) in [4.78, 5) is 44.4. The third-order valence-electron chi connectivity index (χ3n) is 7.92. The highest BCUT2D eigenvalue weighted by Gasteiger charge is 2.40. The lowest BCUT2D eigenvalue weighted by Gasteiger charge is -2.35. The molecule has 1 aliphatic heterocycles. The number of methoxy groups -OCH3 is 2. The van der Waals surface area contributed by atoms with E-state index >= 15 is 0 Å². The van der Waals surface area contributed by atoms with Crippen molar-refractivity contribution in [3.63, 3.8) is 0 Å². The molecule has 2 aliphatic rings. The van der Waals surface area contributed by atoms with Gasteiger partial charge in [0.2, 0.25) is 11.8 Å². The molecule has 4 atom stereocenters. The van der Waals surface area contributed by atoms with Crippen LogP contribution >= 0.6 is 0 Å². The second kappa shape index (κ2) is 13.7. The molecule has 2 aromatic carbocycles. The summed E-state index contributed by atoms with van der Waals surface area (Å²) in [7, 11) is 3.20. The lowest BCUT2D eigenvalue weighted by Crippen LogP contribution is -2.51. The first-order valence-corrected chi connectivity index (χ1v) is 14.1. The SMILES string of the molecule is CC[C@H](C)[C@H]1C(=O)Nc2ccccc2[C@H](OC)[C@@H](OC)CN(C(=O)c2ccccc2)C/C=C\CN1C(=O)C1CC1. The zero-order valence-corrected chi connectivity index (χ0v) is 23.9. The van der Waals surface area contributed by atoms with E-state index in [-0.39, 0.29) is 36.1 Å². The Morgan fingerprint density at radius 3 is 2.30 bits per heavy atom. The van der Waals surface area contributed by atoms with Crippen LogP contribution in [0.1, 0.15) is 55.1 Å². The monoisotopic (exact) mass is 547 g/mol. The van der Waals surface area contributed by atoms with E-state index in [1.165, 1.54) is 0 Å². The number of benzene rings is 2. The molecule has 1 heterocycles. The Hall–Kier alpha value is -3.49. The molecule has 0 aromatic heterocycles. The summed E-state index contributed by atoms with van der Waals surface area (Å²) in [6.07, 6.45) is 5.16. The average Bonchev–Trinajstić information content (AvgIpc) is 3.83. The number of carbonyl (C=O) groups excluding carboxylic acids is 3. The summed E-state index contributed by atoms with van der Waals surface area (Å²) in [5.41, 5.74) is 1.92. The number of hydrogen-bond acceptors (Lipinski definition) is 5. The van der Waals surface area contributed by atoms with Crippen LogP contribution in [-0.4, -0.2) is 73.5 Å². The molecule has 4 rings (SSSR count). The number of hydrogen-bond donors (Lipinski definition) is 1. The first-order chi connectivity index (χ1) is 19.4. The lowest BCUT2D eigenvalue weighted by molar-refractivity contribution is -0.140. The van der Waals surface area contributed by atoms with Gasteiger partial charge in [0.25, 0.3) is 5.91 Å². The van der Waals surface area contributed by atoms with Gasteiger partial charge < -0.3 is 24.6 Å². The van der Waals surface area contributed by atoms with E-state index in [4.69, 9.17) is 9.47 Å². The number of anilines is 1. The van der Waals surface area contributed by atoms with Crippen LogP contribution in [0.5, 0.6) is 0 Å². The summed E-state index contributed by atoms with van der Waals surface area (Å²) < 4.78 is 11.9. The Kier molecular flexibility index (Phi) is 10.1. The summed E-state index contributed by atoms with van der Waals surface area (Å²) in [6, 6.07) is 16.0. The molecule has 1 fully saturated rings. The van der Waals surface area contributed by atoms with Gasteiger partial charge in [-0.3, -0.25) is 14.4 Å². The van der Waals surface area contributed by atoms with Gasteiger partial charge in [-0.2, -0.15) is 0 Å². The largest absolute Gasteiger partial charge is 0.377 e. The molecule has 1 aliphatic carbocycles. The van der Waals surface area contributed by atoms with Crippen molar-refractivity contribution in [1.29, 1.82) is 0 Å². The Morgan fingerprint density at radius 2 is 1.65 bits per heavy atom. The quantitative estimate of drug-likeness (QED) is 0.530. The fraction of sp³-hybridized carbons (Fsp3) is 0.469. The first kappa shape index (κ1) is 29.5. The standard InChI is InChI=1S/C32H41N3O5/c1-5-22(2)28-30(36)33-26-16-10-9-15-25(26)29(40-4)27(39-3)21-34(31(37)23-13-7-6-8-14-23)19-11-12-20-35(28)32(38)24-17-18-24/h6-16,22,24,27-29H,5,17-21H2,1-4H3,(H,33,36)/b12-11-/t22-,27-,28-,29-/m0/s1. The van der Waals surface area contributed by atoms with E-state index in [0.29, 0.717) is 24.3 Å². The Labute approximate surface area is 237 Å². The van der Waals surface area contributed by atoms with Gasteiger partial charge in [0.15, 0.2) is 0 Å². The van der Waals surface area contributed by atoms with Crippen LogP contribution in [0.2, 0.25) is 0 Å². The highest BCUT2D eigenvalue weighted by Crippen LogP contribution is 2.34. The molecule has 214 valence electrons. The van der Waals surface area contributed by atoms with Gasteiger partial charge in [-0.1, -0.05) is 68.8 Å². The third kappa shape index (κ3) is 6.80. The molecule has 1 N–H and O–H groups in total. The fourth-order valence-corrected chi connectivity index (χ4v) is 5.29. The van der Waals surface area contributed by atoms with Crippen LogP contribution in [0.25, 0.3) is 0 Å². The van der Waals surface area contributed by atoms with Gasteiger partial charge in [-0.05, 0) is 37.0 Å². The number of nitrogens with zero attached hydrogens (tertiary/aromatic N) is 2. The first-order valence-electron chi connectivity index (χ1n) is 14.1. The molecule has 40 heavy (non-hydrogen) atoms. The fourth-order valence-electron chi connectivity index (χ4n) is 5.29. The van der Waals surface area contributed by atoms with E-state index in [9.17, 15) is 14.4 Å². The molecule has 2 aromatic rings. The minimum absolute atomic E-state index is 0.0110.